The number of methoxy groups -OCH3 is 1. The van der Waals surface area contributed by atoms with Crippen molar-refractivity contribution in [3.63, 3.8) is 0 Å². The van der Waals surface area contributed by atoms with Crippen LogP contribution in [0.15, 0.2) is 66.7 Å². The molecule has 1 aliphatic heterocycles. The Kier molecular flexibility index (Phi) is 6.17. The summed E-state index contributed by atoms with van der Waals surface area (Å²) in [5.41, 5.74) is 2.22. The molecule has 162 valence electrons. The normalized spacial score (nSPS) is 12.0. The number of carbonyl (C=O) groups is 3. The maximum atomic E-state index is 13.1. The van der Waals surface area contributed by atoms with Crippen molar-refractivity contribution in [1.29, 1.82) is 0 Å². The van der Waals surface area contributed by atoms with E-state index in [0.717, 1.165) is 5.56 Å². The van der Waals surface area contributed by atoms with Crippen LogP contribution in [0, 0.1) is 0 Å². The predicted octanol–water partition coefficient (Wildman–Crippen LogP) is 3.41. The van der Waals surface area contributed by atoms with Crippen molar-refractivity contribution in [3.8, 4) is 11.5 Å². The number of esters is 1. The fraction of sp³-hybridized carbons (Fsp3) is 0.160. The topological polar surface area (TPSA) is 90.9 Å². The Morgan fingerprint density at radius 1 is 0.844 bits per heavy atom. The van der Waals surface area contributed by atoms with E-state index in [-0.39, 0.29) is 23.8 Å². The molecule has 0 saturated heterocycles. The van der Waals surface area contributed by atoms with Gasteiger partial charge in [-0.05, 0) is 42.0 Å². The zero-order valence-electron chi connectivity index (χ0n) is 17.4. The second kappa shape index (κ2) is 9.34. The summed E-state index contributed by atoms with van der Waals surface area (Å²) in [6.07, 6.45) is 0. The van der Waals surface area contributed by atoms with Crippen LogP contribution in [-0.4, -0.2) is 38.0 Å². The quantitative estimate of drug-likeness (QED) is 0.475. The second-order valence-corrected chi connectivity index (χ2v) is 7.10. The first-order chi connectivity index (χ1) is 15.6. The highest BCUT2D eigenvalue weighted by atomic mass is 16.6. The average molecular weight is 431 g/mol. The van der Waals surface area contributed by atoms with Gasteiger partial charge in [-0.3, -0.25) is 9.59 Å². The van der Waals surface area contributed by atoms with Gasteiger partial charge in [0.25, 0.3) is 5.91 Å². The number of ether oxygens (including phenoxy) is 3. The van der Waals surface area contributed by atoms with Crippen molar-refractivity contribution in [2.75, 3.05) is 20.3 Å². The van der Waals surface area contributed by atoms with Gasteiger partial charge in [-0.1, -0.05) is 30.3 Å². The Bertz CT molecular complexity index is 1170. The van der Waals surface area contributed by atoms with E-state index in [1.165, 1.54) is 7.11 Å². The van der Waals surface area contributed by atoms with Crippen LogP contribution in [-0.2, 0) is 11.3 Å². The lowest BCUT2D eigenvalue weighted by Gasteiger charge is -2.18. The standard InChI is InChI=1S/C25H21NO6/c1-30-25(29)17-8-6-16(7-9-17)15-26-24(28)20-5-3-2-4-19(20)23(27)18-10-11-21-22(14-18)32-13-12-31-21/h2-11,14H,12-13,15H2,1H3,(H,26,28). The van der Waals surface area contributed by atoms with E-state index >= 15 is 0 Å². The third kappa shape index (κ3) is 4.46. The number of ketones is 1. The van der Waals surface area contributed by atoms with E-state index < -0.39 is 5.97 Å². The molecule has 1 N–H and O–H groups in total. The van der Waals surface area contributed by atoms with Gasteiger partial charge in [0, 0.05) is 17.7 Å². The molecule has 0 fully saturated rings. The van der Waals surface area contributed by atoms with Gasteiger partial charge in [0.2, 0.25) is 0 Å². The van der Waals surface area contributed by atoms with Gasteiger partial charge in [0.1, 0.15) is 13.2 Å². The highest BCUT2D eigenvalue weighted by molar-refractivity contribution is 6.15. The number of benzene rings is 3. The first-order valence-electron chi connectivity index (χ1n) is 10.1. The number of nitrogens with one attached hydrogen (secondary N) is 1. The smallest absolute Gasteiger partial charge is 0.337 e. The molecular weight excluding hydrogens is 410 g/mol. The molecule has 1 aliphatic rings. The van der Waals surface area contributed by atoms with E-state index in [9.17, 15) is 14.4 Å². The molecule has 32 heavy (non-hydrogen) atoms. The molecule has 3 aromatic carbocycles. The Labute approximate surface area is 184 Å². The molecule has 0 aromatic heterocycles. The summed E-state index contributed by atoms with van der Waals surface area (Å²) >= 11 is 0. The summed E-state index contributed by atoms with van der Waals surface area (Å²) in [4.78, 5) is 37.5. The molecule has 0 radical (unpaired) electrons. The van der Waals surface area contributed by atoms with E-state index in [1.807, 2.05) is 0 Å². The van der Waals surface area contributed by atoms with Crippen LogP contribution in [0.5, 0.6) is 11.5 Å². The van der Waals surface area contributed by atoms with E-state index in [2.05, 4.69) is 10.1 Å². The van der Waals surface area contributed by atoms with Gasteiger partial charge >= 0.3 is 5.97 Å². The maximum Gasteiger partial charge on any atom is 0.337 e. The number of hydrogen-bond donors (Lipinski definition) is 1. The van der Waals surface area contributed by atoms with Crippen LogP contribution >= 0.6 is 0 Å². The molecule has 1 heterocycles. The number of rotatable bonds is 6. The zero-order chi connectivity index (χ0) is 22.5. The van der Waals surface area contributed by atoms with Crippen molar-refractivity contribution >= 4 is 17.7 Å². The maximum absolute atomic E-state index is 13.1. The summed E-state index contributed by atoms with van der Waals surface area (Å²) in [6.45, 7) is 1.13. The molecule has 0 saturated carbocycles. The molecular formula is C25H21NO6. The van der Waals surface area contributed by atoms with Crippen LogP contribution in [0.3, 0.4) is 0 Å². The third-order valence-corrected chi connectivity index (χ3v) is 5.05. The zero-order valence-corrected chi connectivity index (χ0v) is 17.4. The molecule has 0 bridgehead atoms. The van der Waals surface area contributed by atoms with Gasteiger partial charge in [-0.15, -0.1) is 0 Å². The van der Waals surface area contributed by atoms with E-state index in [4.69, 9.17) is 9.47 Å². The lowest BCUT2D eigenvalue weighted by molar-refractivity contribution is 0.0600. The van der Waals surface area contributed by atoms with Gasteiger partial charge in [0.15, 0.2) is 17.3 Å². The predicted molar refractivity (Wildman–Crippen MR) is 116 cm³/mol. The molecule has 0 spiro atoms. The van der Waals surface area contributed by atoms with Crippen molar-refractivity contribution in [2.24, 2.45) is 0 Å². The summed E-state index contributed by atoms with van der Waals surface area (Å²) in [5, 5.41) is 2.82. The summed E-state index contributed by atoms with van der Waals surface area (Å²) in [6, 6.07) is 18.4. The largest absolute Gasteiger partial charge is 0.486 e. The van der Waals surface area contributed by atoms with Gasteiger partial charge in [-0.2, -0.15) is 0 Å². The van der Waals surface area contributed by atoms with Gasteiger partial charge in [-0.25, -0.2) is 4.79 Å². The summed E-state index contributed by atoms with van der Waals surface area (Å²) < 4.78 is 15.7. The Morgan fingerprint density at radius 3 is 2.22 bits per heavy atom. The van der Waals surface area contributed by atoms with Gasteiger partial charge in [0.05, 0.1) is 18.2 Å². The van der Waals surface area contributed by atoms with Crippen molar-refractivity contribution in [2.45, 2.75) is 6.54 Å². The lowest BCUT2D eigenvalue weighted by atomic mass is 9.97. The molecule has 4 rings (SSSR count). The number of hydrogen-bond acceptors (Lipinski definition) is 6. The fourth-order valence-corrected chi connectivity index (χ4v) is 3.37. The summed E-state index contributed by atoms with van der Waals surface area (Å²) in [5.74, 6) is 0.0299. The minimum absolute atomic E-state index is 0.243. The Morgan fingerprint density at radius 2 is 1.50 bits per heavy atom. The van der Waals surface area contributed by atoms with Crippen LogP contribution in [0.2, 0.25) is 0 Å². The van der Waals surface area contributed by atoms with Crippen LogP contribution in [0.4, 0.5) is 0 Å². The van der Waals surface area contributed by atoms with Crippen molar-refractivity contribution in [3.05, 3.63) is 94.5 Å². The van der Waals surface area contributed by atoms with Crippen molar-refractivity contribution < 1.29 is 28.6 Å². The minimum Gasteiger partial charge on any atom is -0.486 e. The van der Waals surface area contributed by atoms with E-state index in [1.54, 1.807) is 66.7 Å². The van der Waals surface area contributed by atoms with Crippen LogP contribution in [0.1, 0.15) is 42.2 Å². The molecule has 0 unspecified atom stereocenters. The molecule has 7 heteroatoms. The Balaban J connectivity index is 1.49. The second-order valence-electron chi connectivity index (χ2n) is 7.10. The van der Waals surface area contributed by atoms with E-state index in [0.29, 0.717) is 41.4 Å². The first kappa shape index (κ1) is 21.1. The number of amides is 1. The lowest BCUT2D eigenvalue weighted by Crippen LogP contribution is -2.25. The first-order valence-corrected chi connectivity index (χ1v) is 10.1. The summed E-state index contributed by atoms with van der Waals surface area (Å²) in [7, 11) is 1.32. The monoisotopic (exact) mass is 431 g/mol. The molecule has 0 aliphatic carbocycles. The fourth-order valence-electron chi connectivity index (χ4n) is 3.37. The molecule has 7 nitrogen and oxygen atoms in total. The van der Waals surface area contributed by atoms with Crippen LogP contribution < -0.4 is 14.8 Å². The number of carbonyl (C=O) groups excluding carboxylic acids is 3. The third-order valence-electron chi connectivity index (χ3n) is 5.05. The van der Waals surface area contributed by atoms with Gasteiger partial charge < -0.3 is 19.5 Å². The molecule has 0 atom stereocenters. The SMILES string of the molecule is COC(=O)c1ccc(CNC(=O)c2ccccc2C(=O)c2ccc3c(c2)OCCO3)cc1. The Hall–Kier alpha value is -4.13. The molecule has 3 aromatic rings. The highest BCUT2D eigenvalue weighted by Gasteiger charge is 2.20. The average Bonchev–Trinajstić information content (AvgIpc) is 2.86. The number of fused-ring (bicyclic) bond motifs is 1. The van der Waals surface area contributed by atoms with Crippen LogP contribution in [0.25, 0.3) is 0 Å². The molecule has 1 amide bonds. The highest BCUT2D eigenvalue weighted by Crippen LogP contribution is 2.31. The van der Waals surface area contributed by atoms with Crippen molar-refractivity contribution in [1.82, 2.24) is 5.32 Å². The minimum atomic E-state index is -0.424.